The van der Waals surface area contributed by atoms with Crippen LogP contribution in [0.4, 0.5) is 10.8 Å². The number of hydrogen-bond acceptors (Lipinski definition) is 6. The number of carbonyl (C=O) groups excluding carboxylic acids is 1. The van der Waals surface area contributed by atoms with Crippen LogP contribution in [0.1, 0.15) is 21.7 Å². The fourth-order valence-electron chi connectivity index (χ4n) is 2.95. The van der Waals surface area contributed by atoms with Crippen molar-refractivity contribution >= 4 is 33.7 Å². The van der Waals surface area contributed by atoms with E-state index in [1.165, 1.54) is 0 Å². The molecule has 3 N–H and O–H groups in total. The summed E-state index contributed by atoms with van der Waals surface area (Å²) in [6, 6.07) is 12.7. The first-order valence-corrected chi connectivity index (χ1v) is 9.11. The lowest BCUT2D eigenvalue weighted by Gasteiger charge is -2.04. The van der Waals surface area contributed by atoms with Gasteiger partial charge in [-0.3, -0.25) is 14.4 Å². The summed E-state index contributed by atoms with van der Waals surface area (Å²) in [5, 5.41) is 12.7. The maximum absolute atomic E-state index is 11.4. The van der Waals surface area contributed by atoms with Gasteiger partial charge in [0, 0.05) is 17.4 Å². The number of hydroxylamine groups is 1. The summed E-state index contributed by atoms with van der Waals surface area (Å²) in [6.45, 7) is 3.98. The minimum atomic E-state index is -0.544. The van der Waals surface area contributed by atoms with Crippen LogP contribution in [0.25, 0.3) is 16.2 Å². The number of nitrogens with one attached hydrogen (secondary N) is 2. The molecule has 0 fully saturated rings. The third-order valence-electron chi connectivity index (χ3n) is 4.22. The molecule has 0 aliphatic rings. The minimum Gasteiger partial charge on any atom is -0.332 e. The molecule has 4 aromatic rings. The van der Waals surface area contributed by atoms with Gasteiger partial charge in [0.25, 0.3) is 5.91 Å². The lowest BCUT2D eigenvalue weighted by atomic mass is 10.2. The molecule has 136 valence electrons. The predicted molar refractivity (Wildman–Crippen MR) is 105 cm³/mol. The molecule has 0 unspecified atom stereocenters. The predicted octanol–water partition coefficient (Wildman–Crippen LogP) is 3.94. The lowest BCUT2D eigenvalue weighted by Crippen LogP contribution is -2.18. The van der Waals surface area contributed by atoms with Crippen molar-refractivity contribution in [1.29, 1.82) is 0 Å². The van der Waals surface area contributed by atoms with Gasteiger partial charge in [-0.2, -0.15) is 0 Å². The normalized spacial score (nSPS) is 10.9. The Balaban J connectivity index is 1.65. The van der Waals surface area contributed by atoms with E-state index in [4.69, 9.17) is 5.21 Å². The molecular weight excluding hydrogens is 362 g/mol. The number of benzene rings is 1. The number of amides is 1. The second-order valence-electron chi connectivity index (χ2n) is 6.05. The standard InChI is InChI=1S/C19H17N5O2S/c1-11-16(24-10-4-3-5-15(24)20-11)17-12(2)21-19(27-17)22-14-8-6-13(7-9-14)18(25)23-26/h3-10,26H,1-2H3,(H,21,22)(H,23,25). The van der Waals surface area contributed by atoms with Crippen LogP contribution in [0.5, 0.6) is 0 Å². The molecule has 0 aliphatic carbocycles. The maximum Gasteiger partial charge on any atom is 0.274 e. The Morgan fingerprint density at radius 3 is 2.59 bits per heavy atom. The van der Waals surface area contributed by atoms with Gasteiger partial charge in [-0.25, -0.2) is 15.4 Å². The lowest BCUT2D eigenvalue weighted by molar-refractivity contribution is 0.0706. The average molecular weight is 379 g/mol. The number of anilines is 2. The Labute approximate surface area is 159 Å². The monoisotopic (exact) mass is 379 g/mol. The minimum absolute atomic E-state index is 0.375. The first-order valence-electron chi connectivity index (χ1n) is 8.30. The fraction of sp³-hybridized carbons (Fsp3) is 0.105. The molecule has 7 nitrogen and oxygen atoms in total. The summed E-state index contributed by atoms with van der Waals surface area (Å²) in [5.41, 5.74) is 6.63. The number of carbonyl (C=O) groups is 1. The molecule has 1 amide bonds. The van der Waals surface area contributed by atoms with Gasteiger partial charge in [0.1, 0.15) is 5.65 Å². The molecule has 3 heterocycles. The molecule has 0 saturated carbocycles. The molecular formula is C19H17N5O2S. The van der Waals surface area contributed by atoms with E-state index in [0.29, 0.717) is 5.56 Å². The molecule has 8 heteroatoms. The fourth-order valence-corrected chi connectivity index (χ4v) is 4.03. The molecule has 4 rings (SSSR count). The molecule has 0 spiro atoms. The summed E-state index contributed by atoms with van der Waals surface area (Å²) < 4.78 is 2.07. The first-order chi connectivity index (χ1) is 13.1. The number of fused-ring (bicyclic) bond motifs is 1. The summed E-state index contributed by atoms with van der Waals surface area (Å²) >= 11 is 1.55. The molecule has 1 aromatic carbocycles. The molecule has 0 aliphatic heterocycles. The van der Waals surface area contributed by atoms with E-state index in [-0.39, 0.29) is 0 Å². The average Bonchev–Trinajstić information content (AvgIpc) is 3.19. The number of rotatable bonds is 4. The van der Waals surface area contributed by atoms with Crippen molar-refractivity contribution in [3.05, 3.63) is 65.6 Å². The third kappa shape index (κ3) is 3.16. The highest BCUT2D eigenvalue weighted by Crippen LogP contribution is 2.36. The Morgan fingerprint density at radius 2 is 1.85 bits per heavy atom. The van der Waals surface area contributed by atoms with Crippen LogP contribution in [0.3, 0.4) is 0 Å². The molecule has 0 bridgehead atoms. The van der Waals surface area contributed by atoms with E-state index in [1.807, 2.05) is 38.2 Å². The molecule has 3 aromatic heterocycles. The van der Waals surface area contributed by atoms with E-state index < -0.39 is 5.91 Å². The van der Waals surface area contributed by atoms with Crippen molar-refractivity contribution in [1.82, 2.24) is 19.8 Å². The second kappa shape index (κ2) is 6.82. The number of aromatic nitrogens is 3. The molecule has 0 radical (unpaired) electrons. The van der Waals surface area contributed by atoms with Crippen molar-refractivity contribution in [2.45, 2.75) is 13.8 Å². The summed E-state index contributed by atoms with van der Waals surface area (Å²) in [6.07, 6.45) is 2.00. The first kappa shape index (κ1) is 17.2. The van der Waals surface area contributed by atoms with Crippen molar-refractivity contribution in [2.75, 3.05) is 5.32 Å². The van der Waals surface area contributed by atoms with Crippen LogP contribution in [0, 0.1) is 13.8 Å². The zero-order valence-electron chi connectivity index (χ0n) is 14.7. The highest BCUT2D eigenvalue weighted by atomic mass is 32.1. The van der Waals surface area contributed by atoms with Crippen LogP contribution in [-0.4, -0.2) is 25.5 Å². The number of hydrogen-bond donors (Lipinski definition) is 3. The van der Waals surface area contributed by atoms with Crippen LogP contribution in [0.15, 0.2) is 48.7 Å². The molecule has 27 heavy (non-hydrogen) atoms. The Kier molecular flexibility index (Phi) is 4.35. The van der Waals surface area contributed by atoms with Gasteiger partial charge < -0.3 is 5.32 Å². The summed E-state index contributed by atoms with van der Waals surface area (Å²) in [5.74, 6) is -0.544. The Bertz CT molecular complexity index is 1130. The number of nitrogens with zero attached hydrogens (tertiary/aromatic N) is 3. The largest absolute Gasteiger partial charge is 0.332 e. The number of thiazole rings is 1. The van der Waals surface area contributed by atoms with E-state index in [0.717, 1.165) is 38.4 Å². The van der Waals surface area contributed by atoms with Gasteiger partial charge in [-0.05, 0) is 50.2 Å². The quantitative estimate of drug-likeness (QED) is 0.369. The van der Waals surface area contributed by atoms with E-state index in [9.17, 15) is 4.79 Å². The highest BCUT2D eigenvalue weighted by Gasteiger charge is 2.17. The van der Waals surface area contributed by atoms with Crippen LogP contribution in [0.2, 0.25) is 0 Å². The van der Waals surface area contributed by atoms with Crippen molar-refractivity contribution in [3.63, 3.8) is 0 Å². The van der Waals surface area contributed by atoms with Gasteiger partial charge in [-0.1, -0.05) is 17.4 Å². The molecule has 0 saturated heterocycles. The van der Waals surface area contributed by atoms with E-state index in [1.54, 1.807) is 41.1 Å². The van der Waals surface area contributed by atoms with Gasteiger partial charge in [0.2, 0.25) is 0 Å². The number of aryl methyl sites for hydroxylation is 2. The zero-order valence-corrected chi connectivity index (χ0v) is 15.5. The number of pyridine rings is 1. The molecule has 0 atom stereocenters. The SMILES string of the molecule is Cc1nc(Nc2ccc(C(=O)NO)cc2)sc1-c1c(C)nc2ccccn12. The zero-order chi connectivity index (χ0) is 19.0. The van der Waals surface area contributed by atoms with Crippen LogP contribution >= 0.6 is 11.3 Å². The van der Waals surface area contributed by atoms with Crippen LogP contribution in [-0.2, 0) is 0 Å². The van der Waals surface area contributed by atoms with Crippen molar-refractivity contribution in [2.24, 2.45) is 0 Å². The van der Waals surface area contributed by atoms with Crippen LogP contribution < -0.4 is 10.8 Å². The summed E-state index contributed by atoms with van der Waals surface area (Å²) in [4.78, 5) is 21.7. The van der Waals surface area contributed by atoms with Crippen molar-refractivity contribution in [3.8, 4) is 10.6 Å². The number of imidazole rings is 1. The van der Waals surface area contributed by atoms with Gasteiger partial charge in [0.05, 0.1) is 22.0 Å². The highest BCUT2D eigenvalue weighted by molar-refractivity contribution is 7.19. The van der Waals surface area contributed by atoms with Gasteiger partial charge >= 0.3 is 0 Å². The van der Waals surface area contributed by atoms with Gasteiger partial charge in [-0.15, -0.1) is 0 Å². The third-order valence-corrected chi connectivity index (χ3v) is 5.30. The Morgan fingerprint density at radius 1 is 1.07 bits per heavy atom. The van der Waals surface area contributed by atoms with E-state index in [2.05, 4.69) is 19.7 Å². The van der Waals surface area contributed by atoms with E-state index >= 15 is 0 Å². The Hall–Kier alpha value is -3.23. The second-order valence-corrected chi connectivity index (χ2v) is 7.05. The topological polar surface area (TPSA) is 91.5 Å². The van der Waals surface area contributed by atoms with Crippen molar-refractivity contribution < 1.29 is 10.0 Å². The summed E-state index contributed by atoms with van der Waals surface area (Å²) in [7, 11) is 0. The van der Waals surface area contributed by atoms with Gasteiger partial charge in [0.15, 0.2) is 5.13 Å². The smallest absolute Gasteiger partial charge is 0.274 e. The maximum atomic E-state index is 11.4.